The van der Waals surface area contributed by atoms with Crippen LogP contribution >= 0.6 is 0 Å². The Kier molecular flexibility index (Phi) is 1.82. The van der Waals surface area contributed by atoms with E-state index in [-0.39, 0.29) is 17.0 Å². The molecule has 0 atom stereocenters. The van der Waals surface area contributed by atoms with Gasteiger partial charge in [0.1, 0.15) is 0 Å². The van der Waals surface area contributed by atoms with Crippen molar-refractivity contribution in [2.45, 2.75) is 0 Å². The lowest BCUT2D eigenvalue weighted by molar-refractivity contribution is 0.451. The number of aromatic nitrogens is 4. The van der Waals surface area contributed by atoms with E-state index < -0.39 is 11.2 Å². The molecule has 0 aliphatic rings. The van der Waals surface area contributed by atoms with E-state index in [0.29, 0.717) is 0 Å². The van der Waals surface area contributed by atoms with Crippen LogP contribution in [-0.4, -0.2) is 24.2 Å². The number of hydrogen-bond acceptors (Lipinski definition) is 5. The minimum Gasteiger partial charge on any atom is -0.492 e. The number of fused-ring (bicyclic) bond motifs is 1. The van der Waals surface area contributed by atoms with Gasteiger partial charge in [0, 0.05) is 14.1 Å². The molecule has 7 heteroatoms. The molecule has 0 radical (unpaired) electrons. The van der Waals surface area contributed by atoms with Crippen molar-refractivity contribution in [1.29, 1.82) is 0 Å². The van der Waals surface area contributed by atoms with Crippen molar-refractivity contribution in [3.8, 4) is 5.88 Å². The molecule has 0 bridgehead atoms. The monoisotopic (exact) mass is 208 g/mol. The van der Waals surface area contributed by atoms with Crippen LogP contribution in [0.2, 0.25) is 0 Å². The smallest absolute Gasteiger partial charge is 0.332 e. The summed E-state index contributed by atoms with van der Waals surface area (Å²) in [4.78, 5) is 30.5. The molecule has 0 aromatic carbocycles. The fourth-order valence-corrected chi connectivity index (χ4v) is 1.32. The first-order valence-electron chi connectivity index (χ1n) is 4.14. The van der Waals surface area contributed by atoms with E-state index in [1.54, 1.807) is 0 Å². The van der Waals surface area contributed by atoms with Gasteiger partial charge in [-0.2, -0.15) is 4.98 Å². The Labute approximate surface area is 83.3 Å². The molecule has 2 aromatic heterocycles. The average molecular weight is 208 g/mol. The summed E-state index contributed by atoms with van der Waals surface area (Å²) >= 11 is 0. The highest BCUT2D eigenvalue weighted by molar-refractivity contribution is 5.68. The normalized spacial score (nSPS) is 10.8. The highest BCUT2D eigenvalue weighted by Crippen LogP contribution is 2.05. The second-order valence-corrected chi connectivity index (χ2v) is 3.11. The number of hydrogen-bond donors (Lipinski definition) is 1. The van der Waals surface area contributed by atoms with E-state index in [1.165, 1.54) is 14.1 Å². The molecule has 0 unspecified atom stereocenters. The van der Waals surface area contributed by atoms with Gasteiger partial charge in [-0.05, 0) is 0 Å². The predicted molar refractivity (Wildman–Crippen MR) is 51.7 cm³/mol. The Morgan fingerprint density at radius 3 is 2.60 bits per heavy atom. The second-order valence-electron chi connectivity index (χ2n) is 3.11. The molecule has 0 aliphatic carbocycles. The highest BCUT2D eigenvalue weighted by Gasteiger charge is 2.10. The van der Waals surface area contributed by atoms with E-state index in [4.69, 9.17) is 5.11 Å². The van der Waals surface area contributed by atoms with Gasteiger partial charge in [-0.3, -0.25) is 13.9 Å². The lowest BCUT2D eigenvalue weighted by atomic mass is 10.5. The fourth-order valence-electron chi connectivity index (χ4n) is 1.32. The fraction of sp³-hybridized carbons (Fsp3) is 0.250. The van der Waals surface area contributed by atoms with E-state index in [1.807, 2.05) is 0 Å². The van der Waals surface area contributed by atoms with Gasteiger partial charge < -0.3 is 5.11 Å². The zero-order valence-corrected chi connectivity index (χ0v) is 8.13. The maximum absolute atomic E-state index is 11.6. The third-order valence-corrected chi connectivity index (χ3v) is 2.14. The Morgan fingerprint density at radius 1 is 1.27 bits per heavy atom. The molecule has 0 fully saturated rings. The zero-order chi connectivity index (χ0) is 11.2. The van der Waals surface area contributed by atoms with Gasteiger partial charge in [0.05, 0.1) is 6.20 Å². The number of nitrogens with zero attached hydrogens (tertiary/aromatic N) is 4. The number of aryl methyl sites for hydroxylation is 1. The number of rotatable bonds is 0. The summed E-state index contributed by atoms with van der Waals surface area (Å²) in [6.45, 7) is 0. The lowest BCUT2D eigenvalue weighted by Gasteiger charge is -2.04. The molecule has 15 heavy (non-hydrogen) atoms. The second kappa shape index (κ2) is 2.91. The predicted octanol–water partition coefficient (Wildman–Crippen LogP) is -1.27. The largest absolute Gasteiger partial charge is 0.492 e. The van der Waals surface area contributed by atoms with Gasteiger partial charge in [0.25, 0.3) is 5.56 Å². The summed E-state index contributed by atoms with van der Waals surface area (Å²) in [6.07, 6.45) is 1.06. The molecule has 1 N–H and O–H groups in total. The average Bonchev–Trinajstić information content (AvgIpc) is 2.23. The minimum atomic E-state index is -0.527. The maximum Gasteiger partial charge on any atom is 0.332 e. The Balaban J connectivity index is 3.15. The van der Waals surface area contributed by atoms with Crippen LogP contribution in [0.5, 0.6) is 5.88 Å². The quantitative estimate of drug-likeness (QED) is 0.583. The highest BCUT2D eigenvalue weighted by atomic mass is 16.3. The first kappa shape index (κ1) is 9.38. The molecular formula is C8H8N4O3. The van der Waals surface area contributed by atoms with Crippen LogP contribution in [0.1, 0.15) is 0 Å². The SMILES string of the molecule is Cn1c(=O)c2ncc(O)nc2n(C)c1=O. The Morgan fingerprint density at radius 2 is 1.93 bits per heavy atom. The summed E-state index contributed by atoms with van der Waals surface area (Å²) in [5.74, 6) is -0.328. The van der Waals surface area contributed by atoms with Gasteiger partial charge in [0.15, 0.2) is 11.2 Å². The molecule has 0 saturated heterocycles. The Hall–Kier alpha value is -2.18. The van der Waals surface area contributed by atoms with E-state index >= 15 is 0 Å². The summed E-state index contributed by atoms with van der Waals surface area (Å²) in [6, 6.07) is 0. The zero-order valence-electron chi connectivity index (χ0n) is 8.13. The van der Waals surface area contributed by atoms with Crippen LogP contribution in [0.4, 0.5) is 0 Å². The van der Waals surface area contributed by atoms with Crippen molar-refractivity contribution in [2.75, 3.05) is 0 Å². The molecule has 78 valence electrons. The van der Waals surface area contributed by atoms with Crippen LogP contribution in [0.3, 0.4) is 0 Å². The molecule has 0 saturated carbocycles. The molecule has 2 rings (SSSR count). The third kappa shape index (κ3) is 1.20. The summed E-state index contributed by atoms with van der Waals surface area (Å²) in [5.41, 5.74) is -0.909. The molecule has 2 heterocycles. The van der Waals surface area contributed by atoms with Crippen molar-refractivity contribution in [3.63, 3.8) is 0 Å². The first-order chi connectivity index (χ1) is 7.02. The van der Waals surface area contributed by atoms with Crippen molar-refractivity contribution in [1.82, 2.24) is 19.1 Å². The van der Waals surface area contributed by atoms with Gasteiger partial charge in [-0.15, -0.1) is 0 Å². The van der Waals surface area contributed by atoms with Crippen molar-refractivity contribution in [3.05, 3.63) is 27.0 Å². The van der Waals surface area contributed by atoms with Crippen LogP contribution < -0.4 is 11.2 Å². The van der Waals surface area contributed by atoms with Gasteiger partial charge >= 0.3 is 5.69 Å². The molecule has 0 amide bonds. The van der Waals surface area contributed by atoms with Crippen molar-refractivity contribution in [2.24, 2.45) is 14.1 Å². The Bertz CT molecular complexity index is 655. The van der Waals surface area contributed by atoms with E-state index in [2.05, 4.69) is 9.97 Å². The molecule has 0 aliphatic heterocycles. The standard InChI is InChI=1S/C8H8N4O3/c1-11-6-5(9-3-4(13)10-6)7(14)12(2)8(11)15/h3H,1-2H3,(H,10,13). The summed E-state index contributed by atoms with van der Waals surface area (Å²) in [5, 5.41) is 9.11. The summed E-state index contributed by atoms with van der Waals surface area (Å²) < 4.78 is 2.09. The van der Waals surface area contributed by atoms with Crippen molar-refractivity contribution < 1.29 is 5.11 Å². The van der Waals surface area contributed by atoms with Gasteiger partial charge in [0.2, 0.25) is 5.88 Å². The third-order valence-electron chi connectivity index (χ3n) is 2.14. The van der Waals surface area contributed by atoms with Crippen LogP contribution in [0.15, 0.2) is 15.8 Å². The van der Waals surface area contributed by atoms with Gasteiger partial charge in [-0.1, -0.05) is 0 Å². The molecule has 0 spiro atoms. The van der Waals surface area contributed by atoms with Gasteiger partial charge in [-0.25, -0.2) is 9.78 Å². The first-order valence-corrected chi connectivity index (χ1v) is 4.14. The van der Waals surface area contributed by atoms with E-state index in [0.717, 1.165) is 15.3 Å². The van der Waals surface area contributed by atoms with Crippen LogP contribution in [0, 0.1) is 0 Å². The topological polar surface area (TPSA) is 90.0 Å². The summed E-state index contributed by atoms with van der Waals surface area (Å²) in [7, 11) is 2.82. The van der Waals surface area contributed by atoms with Crippen LogP contribution in [-0.2, 0) is 14.1 Å². The number of aromatic hydroxyl groups is 1. The minimum absolute atomic E-state index is 0.0531. The molecular weight excluding hydrogens is 200 g/mol. The molecule has 7 nitrogen and oxygen atoms in total. The van der Waals surface area contributed by atoms with Crippen molar-refractivity contribution >= 4 is 11.2 Å². The molecule has 2 aromatic rings. The lowest BCUT2D eigenvalue weighted by Crippen LogP contribution is -2.37. The maximum atomic E-state index is 11.6. The van der Waals surface area contributed by atoms with Crippen LogP contribution in [0.25, 0.3) is 11.2 Å². The van der Waals surface area contributed by atoms with E-state index in [9.17, 15) is 9.59 Å².